The monoisotopic (exact) mass is 269 g/mol. The quantitative estimate of drug-likeness (QED) is 0.824. The van der Waals surface area contributed by atoms with E-state index >= 15 is 0 Å². The van der Waals surface area contributed by atoms with E-state index in [4.69, 9.17) is 5.11 Å². The summed E-state index contributed by atoms with van der Waals surface area (Å²) in [6.07, 6.45) is 1.04. The zero-order chi connectivity index (χ0) is 13.7. The zero-order valence-electron chi connectivity index (χ0n) is 11.6. The summed E-state index contributed by atoms with van der Waals surface area (Å²) in [5.74, 6) is -0.285. The Morgan fingerprint density at radius 1 is 1.39 bits per heavy atom. The van der Waals surface area contributed by atoms with Crippen molar-refractivity contribution in [3.05, 3.63) is 21.9 Å². The highest BCUT2D eigenvalue weighted by Gasteiger charge is 2.20. The molecule has 0 saturated heterocycles. The normalized spacial score (nSPS) is 13.2. The van der Waals surface area contributed by atoms with Gasteiger partial charge in [-0.15, -0.1) is 11.3 Å². The lowest BCUT2D eigenvalue weighted by molar-refractivity contribution is -0.139. The van der Waals surface area contributed by atoms with Crippen molar-refractivity contribution in [3.8, 4) is 0 Å². The smallest absolute Gasteiger partial charge is 0.317 e. The Kier molecular flexibility index (Phi) is 5.82. The second-order valence-electron chi connectivity index (χ2n) is 5.05. The van der Waals surface area contributed by atoms with E-state index in [1.165, 1.54) is 9.75 Å². The Bertz CT molecular complexity index is 387. The molecule has 1 aromatic heterocycles. The number of carboxylic acid groups (broad SMARTS) is 1. The summed E-state index contributed by atoms with van der Waals surface area (Å²) in [7, 11) is 0. The summed E-state index contributed by atoms with van der Waals surface area (Å²) in [5, 5.41) is 9.01. The number of hydrogen-bond acceptors (Lipinski definition) is 3. The molecule has 4 heteroatoms. The van der Waals surface area contributed by atoms with Crippen LogP contribution in [0.4, 0.5) is 0 Å². The summed E-state index contributed by atoms with van der Waals surface area (Å²) in [6, 6.07) is 4.45. The molecular weight excluding hydrogens is 246 g/mol. The second kappa shape index (κ2) is 6.90. The number of hydrogen-bond donors (Lipinski definition) is 1. The van der Waals surface area contributed by atoms with E-state index in [0.717, 1.165) is 13.0 Å². The van der Waals surface area contributed by atoms with Gasteiger partial charge in [0.25, 0.3) is 0 Å². The van der Waals surface area contributed by atoms with E-state index in [0.29, 0.717) is 5.92 Å². The van der Waals surface area contributed by atoms with E-state index in [2.05, 4.69) is 39.8 Å². The Morgan fingerprint density at radius 3 is 2.50 bits per heavy atom. The predicted molar refractivity (Wildman–Crippen MR) is 76.2 cm³/mol. The van der Waals surface area contributed by atoms with Crippen molar-refractivity contribution in [3.63, 3.8) is 0 Å². The van der Waals surface area contributed by atoms with Crippen LogP contribution in [0.15, 0.2) is 12.1 Å². The fraction of sp³-hybridized carbons (Fsp3) is 0.643. The third kappa shape index (κ3) is 4.42. The molecule has 1 atom stereocenters. The van der Waals surface area contributed by atoms with Crippen molar-refractivity contribution in [2.75, 3.05) is 13.1 Å². The van der Waals surface area contributed by atoms with Gasteiger partial charge >= 0.3 is 5.97 Å². The minimum absolute atomic E-state index is 0.110. The molecule has 0 spiro atoms. The summed E-state index contributed by atoms with van der Waals surface area (Å²) in [4.78, 5) is 15.6. The largest absolute Gasteiger partial charge is 0.480 e. The van der Waals surface area contributed by atoms with Gasteiger partial charge in [-0.25, -0.2) is 0 Å². The maximum atomic E-state index is 11.0. The average Bonchev–Trinajstić information content (AvgIpc) is 2.74. The molecule has 0 amide bonds. The molecule has 1 heterocycles. The van der Waals surface area contributed by atoms with Crippen LogP contribution < -0.4 is 0 Å². The SMILES string of the molecule is CCc1ccc(C(C)N(CC(=O)O)CC(C)C)s1. The fourth-order valence-corrected chi connectivity index (χ4v) is 3.03. The Morgan fingerprint density at radius 2 is 2.06 bits per heavy atom. The van der Waals surface area contributed by atoms with Crippen LogP contribution in [-0.4, -0.2) is 29.1 Å². The molecule has 1 rings (SSSR count). The highest BCUT2D eigenvalue weighted by atomic mass is 32.1. The summed E-state index contributed by atoms with van der Waals surface area (Å²) < 4.78 is 0. The van der Waals surface area contributed by atoms with Crippen LogP contribution in [0.25, 0.3) is 0 Å². The molecule has 1 unspecified atom stereocenters. The van der Waals surface area contributed by atoms with Gasteiger partial charge in [-0.05, 0) is 31.4 Å². The summed E-state index contributed by atoms with van der Waals surface area (Å²) in [5.41, 5.74) is 0. The molecule has 0 radical (unpaired) electrons. The molecule has 0 aromatic carbocycles. The fourth-order valence-electron chi connectivity index (χ4n) is 1.99. The van der Waals surface area contributed by atoms with Gasteiger partial charge in [-0.3, -0.25) is 9.69 Å². The number of nitrogens with zero attached hydrogens (tertiary/aromatic N) is 1. The maximum Gasteiger partial charge on any atom is 0.317 e. The first kappa shape index (κ1) is 15.2. The first-order valence-electron chi connectivity index (χ1n) is 6.48. The molecule has 1 N–H and O–H groups in total. The molecule has 0 fully saturated rings. The van der Waals surface area contributed by atoms with Gasteiger partial charge in [-0.1, -0.05) is 20.8 Å². The van der Waals surface area contributed by atoms with E-state index < -0.39 is 5.97 Å². The number of aliphatic carboxylic acids is 1. The molecule has 0 aliphatic rings. The lowest BCUT2D eigenvalue weighted by Gasteiger charge is -2.28. The van der Waals surface area contributed by atoms with E-state index in [1.54, 1.807) is 11.3 Å². The van der Waals surface area contributed by atoms with Gasteiger partial charge in [0.1, 0.15) is 0 Å². The standard InChI is InChI=1S/C14H23NO2S/c1-5-12-6-7-13(18-12)11(4)15(8-10(2)3)9-14(16)17/h6-7,10-11H,5,8-9H2,1-4H3,(H,16,17). The van der Waals surface area contributed by atoms with Crippen LogP contribution in [0.3, 0.4) is 0 Å². The Labute approximate surface area is 113 Å². The van der Waals surface area contributed by atoms with Gasteiger partial charge in [0.2, 0.25) is 0 Å². The molecular formula is C14H23NO2S. The van der Waals surface area contributed by atoms with Crippen LogP contribution in [0.5, 0.6) is 0 Å². The highest BCUT2D eigenvalue weighted by molar-refractivity contribution is 7.12. The molecule has 0 aliphatic heterocycles. The van der Waals surface area contributed by atoms with Crippen LogP contribution in [-0.2, 0) is 11.2 Å². The number of carbonyl (C=O) groups is 1. The molecule has 18 heavy (non-hydrogen) atoms. The van der Waals surface area contributed by atoms with Gasteiger partial charge in [0.05, 0.1) is 6.54 Å². The first-order valence-corrected chi connectivity index (χ1v) is 7.30. The number of thiophene rings is 1. The topological polar surface area (TPSA) is 40.5 Å². The lowest BCUT2D eigenvalue weighted by Crippen LogP contribution is -2.34. The third-order valence-electron chi connectivity index (χ3n) is 2.93. The first-order chi connectivity index (χ1) is 8.43. The molecule has 1 aromatic rings. The molecule has 3 nitrogen and oxygen atoms in total. The van der Waals surface area contributed by atoms with Crippen molar-refractivity contribution in [1.29, 1.82) is 0 Å². The van der Waals surface area contributed by atoms with Crippen LogP contribution in [0, 0.1) is 5.92 Å². The average molecular weight is 269 g/mol. The number of rotatable bonds is 7. The predicted octanol–water partition coefficient (Wildman–Crippen LogP) is 3.41. The van der Waals surface area contributed by atoms with Gasteiger partial charge in [-0.2, -0.15) is 0 Å². The molecule has 0 aliphatic carbocycles. The van der Waals surface area contributed by atoms with Crippen molar-refractivity contribution in [2.45, 2.75) is 40.2 Å². The van der Waals surface area contributed by atoms with Crippen LogP contribution >= 0.6 is 11.3 Å². The van der Waals surface area contributed by atoms with Gasteiger partial charge in [0.15, 0.2) is 0 Å². The van der Waals surface area contributed by atoms with Crippen molar-refractivity contribution in [1.82, 2.24) is 4.90 Å². The van der Waals surface area contributed by atoms with Crippen LogP contribution in [0.1, 0.15) is 43.5 Å². The third-order valence-corrected chi connectivity index (χ3v) is 4.33. The van der Waals surface area contributed by atoms with Crippen molar-refractivity contribution < 1.29 is 9.90 Å². The van der Waals surface area contributed by atoms with E-state index in [-0.39, 0.29) is 12.6 Å². The van der Waals surface area contributed by atoms with Gasteiger partial charge < -0.3 is 5.11 Å². The van der Waals surface area contributed by atoms with Gasteiger partial charge in [0, 0.05) is 22.3 Å². The Balaban J connectivity index is 2.79. The minimum atomic E-state index is -0.755. The zero-order valence-corrected chi connectivity index (χ0v) is 12.5. The number of aryl methyl sites for hydroxylation is 1. The Hall–Kier alpha value is -0.870. The lowest BCUT2D eigenvalue weighted by atomic mass is 10.1. The van der Waals surface area contributed by atoms with Crippen molar-refractivity contribution in [2.24, 2.45) is 5.92 Å². The summed E-state index contributed by atoms with van der Waals surface area (Å²) >= 11 is 1.79. The maximum absolute atomic E-state index is 11.0. The van der Waals surface area contributed by atoms with E-state index in [9.17, 15) is 4.79 Å². The van der Waals surface area contributed by atoms with Crippen LogP contribution in [0.2, 0.25) is 0 Å². The molecule has 0 saturated carbocycles. The van der Waals surface area contributed by atoms with E-state index in [1.807, 2.05) is 4.90 Å². The highest BCUT2D eigenvalue weighted by Crippen LogP contribution is 2.28. The van der Waals surface area contributed by atoms with Crippen molar-refractivity contribution >= 4 is 17.3 Å². The molecule has 102 valence electrons. The second-order valence-corrected chi connectivity index (χ2v) is 6.25. The number of carboxylic acids is 1. The minimum Gasteiger partial charge on any atom is -0.480 e. The molecule has 0 bridgehead atoms. The summed E-state index contributed by atoms with van der Waals surface area (Å²) in [6.45, 7) is 9.40.